The topological polar surface area (TPSA) is 96.0 Å². The first kappa shape index (κ1) is 32.4. The Labute approximate surface area is 255 Å². The Morgan fingerprint density at radius 2 is 1.71 bits per heavy atom. The summed E-state index contributed by atoms with van der Waals surface area (Å²) in [6.07, 6.45) is 0.716. The highest BCUT2D eigenvalue weighted by atomic mass is 79.9. The summed E-state index contributed by atoms with van der Waals surface area (Å²) in [7, 11) is -2.74. The second-order valence-corrected chi connectivity index (χ2v) is 12.9. The van der Waals surface area contributed by atoms with Crippen LogP contribution < -0.4 is 14.4 Å². The van der Waals surface area contributed by atoms with Crippen molar-refractivity contribution in [2.45, 2.75) is 57.6 Å². The lowest BCUT2D eigenvalue weighted by molar-refractivity contribution is -0.139. The number of sulfonamides is 1. The minimum atomic E-state index is -4.22. The highest BCUT2D eigenvalue weighted by Gasteiger charge is 2.33. The Bertz CT molecular complexity index is 1480. The predicted octanol–water partition coefficient (Wildman–Crippen LogP) is 5.95. The molecule has 0 saturated heterocycles. The number of methoxy groups -OCH3 is 1. The molecule has 41 heavy (non-hydrogen) atoms. The number of aryl methyl sites for hydroxylation is 1. The number of rotatable bonds is 12. The highest BCUT2D eigenvalue weighted by Crippen LogP contribution is 2.31. The molecule has 0 aliphatic carbocycles. The van der Waals surface area contributed by atoms with Crippen molar-refractivity contribution < 1.29 is 22.7 Å². The van der Waals surface area contributed by atoms with Gasteiger partial charge in [0.05, 0.1) is 22.2 Å². The second-order valence-electron chi connectivity index (χ2n) is 9.75. The largest absolute Gasteiger partial charge is 0.496 e. The fourth-order valence-corrected chi connectivity index (χ4v) is 6.36. The van der Waals surface area contributed by atoms with Crippen molar-refractivity contribution in [1.29, 1.82) is 0 Å². The van der Waals surface area contributed by atoms with Gasteiger partial charge in [0.25, 0.3) is 10.0 Å². The third kappa shape index (κ3) is 8.02. The van der Waals surface area contributed by atoms with Gasteiger partial charge in [-0.1, -0.05) is 54.4 Å². The van der Waals surface area contributed by atoms with E-state index in [2.05, 4.69) is 21.2 Å². The van der Waals surface area contributed by atoms with Crippen LogP contribution in [0.25, 0.3) is 0 Å². The van der Waals surface area contributed by atoms with Crippen LogP contribution in [0.3, 0.4) is 0 Å². The first-order chi connectivity index (χ1) is 19.4. The molecule has 0 aromatic heterocycles. The fraction of sp³-hybridized carbons (Fsp3) is 0.333. The zero-order valence-corrected chi connectivity index (χ0v) is 26.9. The standard InChI is InChI=1S/C30H35BrClN3O5S/c1-6-21(3)33-30(37)22(4)34(18-23-9-7-8-10-27(23)32)29(36)19-35(24-13-11-20(2)12-14-24)41(38,39)25-15-16-28(40-5)26(31)17-25/h7-17,21-22H,6,18-19H2,1-5H3,(H,33,37)/t21-,22-/m0/s1. The molecule has 0 aliphatic heterocycles. The van der Waals surface area contributed by atoms with E-state index in [1.807, 2.05) is 20.8 Å². The minimum absolute atomic E-state index is 0.0173. The molecule has 3 aromatic carbocycles. The smallest absolute Gasteiger partial charge is 0.264 e. The van der Waals surface area contributed by atoms with E-state index in [1.165, 1.54) is 30.2 Å². The summed E-state index contributed by atoms with van der Waals surface area (Å²) in [4.78, 5) is 28.5. The molecule has 11 heteroatoms. The molecular formula is C30H35BrClN3O5S. The summed E-state index contributed by atoms with van der Waals surface area (Å²) < 4.78 is 34.8. The van der Waals surface area contributed by atoms with E-state index in [-0.39, 0.29) is 23.4 Å². The van der Waals surface area contributed by atoms with Gasteiger partial charge >= 0.3 is 0 Å². The van der Waals surface area contributed by atoms with Gasteiger partial charge in [-0.05, 0) is 85.1 Å². The molecule has 0 heterocycles. The molecule has 0 bridgehead atoms. The number of amides is 2. The van der Waals surface area contributed by atoms with Crippen LogP contribution in [0.15, 0.2) is 76.1 Å². The Kier molecular flexibility index (Phi) is 11.2. The summed E-state index contributed by atoms with van der Waals surface area (Å²) in [5, 5.41) is 3.35. The van der Waals surface area contributed by atoms with E-state index in [4.69, 9.17) is 16.3 Å². The average Bonchev–Trinajstić information content (AvgIpc) is 2.95. The van der Waals surface area contributed by atoms with Gasteiger partial charge in [0, 0.05) is 17.6 Å². The van der Waals surface area contributed by atoms with Crippen LogP contribution in [0.1, 0.15) is 38.3 Å². The lowest BCUT2D eigenvalue weighted by Crippen LogP contribution is -2.52. The summed E-state index contributed by atoms with van der Waals surface area (Å²) in [5.74, 6) is -0.439. The van der Waals surface area contributed by atoms with Crippen molar-refractivity contribution in [3.63, 3.8) is 0 Å². The number of ether oxygens (including phenoxy) is 1. The fourth-order valence-electron chi connectivity index (χ4n) is 4.03. The van der Waals surface area contributed by atoms with Crippen LogP contribution in [0.5, 0.6) is 5.75 Å². The van der Waals surface area contributed by atoms with Crippen molar-refractivity contribution in [3.8, 4) is 5.75 Å². The van der Waals surface area contributed by atoms with Gasteiger partial charge in [-0.3, -0.25) is 13.9 Å². The molecule has 0 radical (unpaired) electrons. The molecule has 0 aliphatic rings. The summed E-state index contributed by atoms with van der Waals surface area (Å²) >= 11 is 9.77. The molecule has 3 rings (SSSR count). The van der Waals surface area contributed by atoms with E-state index in [9.17, 15) is 18.0 Å². The Morgan fingerprint density at radius 3 is 2.29 bits per heavy atom. The number of anilines is 1. The van der Waals surface area contributed by atoms with Crippen molar-refractivity contribution in [2.75, 3.05) is 18.0 Å². The number of hydrogen-bond acceptors (Lipinski definition) is 5. The first-order valence-corrected chi connectivity index (χ1v) is 15.8. The van der Waals surface area contributed by atoms with Gasteiger partial charge in [-0.2, -0.15) is 0 Å². The summed E-state index contributed by atoms with van der Waals surface area (Å²) in [6.45, 7) is 6.81. The van der Waals surface area contributed by atoms with Crippen molar-refractivity contribution in [3.05, 3.63) is 87.4 Å². The van der Waals surface area contributed by atoms with Gasteiger partial charge in [0.2, 0.25) is 11.8 Å². The van der Waals surface area contributed by atoms with Crippen LogP contribution in [0, 0.1) is 6.92 Å². The number of nitrogens with zero attached hydrogens (tertiary/aromatic N) is 2. The van der Waals surface area contributed by atoms with Crippen LogP contribution in [-0.2, 0) is 26.2 Å². The van der Waals surface area contributed by atoms with E-state index >= 15 is 0 Å². The van der Waals surface area contributed by atoms with Crippen molar-refractivity contribution in [1.82, 2.24) is 10.2 Å². The molecule has 3 aromatic rings. The number of carbonyl (C=O) groups is 2. The molecule has 2 atom stereocenters. The van der Waals surface area contributed by atoms with Crippen LogP contribution in [-0.4, -0.2) is 50.9 Å². The Morgan fingerprint density at radius 1 is 1.05 bits per heavy atom. The molecule has 220 valence electrons. The maximum atomic E-state index is 14.0. The van der Waals surface area contributed by atoms with Crippen LogP contribution in [0.4, 0.5) is 5.69 Å². The molecule has 0 spiro atoms. The number of halogens is 2. The Hall–Kier alpha value is -3.08. The molecule has 0 saturated carbocycles. The zero-order valence-electron chi connectivity index (χ0n) is 23.7. The lowest BCUT2D eigenvalue weighted by atomic mass is 10.1. The van der Waals surface area contributed by atoms with Gasteiger partial charge in [-0.25, -0.2) is 8.42 Å². The lowest BCUT2D eigenvalue weighted by Gasteiger charge is -2.32. The van der Waals surface area contributed by atoms with Crippen LogP contribution >= 0.6 is 27.5 Å². The van der Waals surface area contributed by atoms with E-state index in [1.54, 1.807) is 55.5 Å². The SMILES string of the molecule is CC[C@H](C)NC(=O)[C@H](C)N(Cc1ccccc1Cl)C(=O)CN(c1ccc(C)cc1)S(=O)(=O)c1ccc(OC)c(Br)c1. The third-order valence-electron chi connectivity index (χ3n) is 6.78. The maximum absolute atomic E-state index is 14.0. The maximum Gasteiger partial charge on any atom is 0.264 e. The van der Waals surface area contributed by atoms with Gasteiger partial charge in [-0.15, -0.1) is 0 Å². The summed E-state index contributed by atoms with van der Waals surface area (Å²) in [6, 6.07) is 17.3. The Balaban J connectivity index is 2.06. The van der Waals surface area contributed by atoms with E-state index in [0.717, 1.165) is 9.87 Å². The van der Waals surface area contributed by atoms with Gasteiger partial charge in [0.1, 0.15) is 18.3 Å². The second kappa shape index (κ2) is 14.2. The normalized spacial score (nSPS) is 12.8. The van der Waals surface area contributed by atoms with Gasteiger partial charge < -0.3 is 15.0 Å². The molecule has 0 unspecified atom stereocenters. The molecule has 1 N–H and O–H groups in total. The monoisotopic (exact) mass is 663 g/mol. The first-order valence-electron chi connectivity index (χ1n) is 13.1. The zero-order chi connectivity index (χ0) is 30.3. The number of hydrogen-bond donors (Lipinski definition) is 1. The summed E-state index contributed by atoms with van der Waals surface area (Å²) in [5.41, 5.74) is 1.88. The molecule has 0 fully saturated rings. The van der Waals surface area contributed by atoms with Gasteiger partial charge in [0.15, 0.2) is 0 Å². The van der Waals surface area contributed by atoms with E-state index in [0.29, 0.717) is 32.9 Å². The quantitative estimate of drug-likeness (QED) is 0.258. The van der Waals surface area contributed by atoms with Crippen LogP contribution in [0.2, 0.25) is 5.02 Å². The van der Waals surface area contributed by atoms with E-state index < -0.39 is 28.5 Å². The number of benzene rings is 3. The average molecular weight is 665 g/mol. The van der Waals surface area contributed by atoms with Crippen molar-refractivity contribution >= 4 is 55.1 Å². The molecule has 2 amide bonds. The molecule has 8 nitrogen and oxygen atoms in total. The third-order valence-corrected chi connectivity index (χ3v) is 9.54. The molecular weight excluding hydrogens is 630 g/mol. The van der Waals surface area contributed by atoms with Crippen molar-refractivity contribution in [2.24, 2.45) is 0 Å². The minimum Gasteiger partial charge on any atom is -0.496 e. The highest BCUT2D eigenvalue weighted by molar-refractivity contribution is 9.10. The number of carbonyl (C=O) groups excluding carboxylic acids is 2. The predicted molar refractivity (Wildman–Crippen MR) is 166 cm³/mol. The number of nitrogens with one attached hydrogen (secondary N) is 1.